The van der Waals surface area contributed by atoms with Crippen LogP contribution in [0.3, 0.4) is 0 Å². The molecule has 2 rings (SSSR count). The molecular weight excluding hydrogens is 262 g/mol. The number of pyridine rings is 1. The maximum absolute atomic E-state index is 11.9. The van der Waals surface area contributed by atoms with Gasteiger partial charge in [-0.2, -0.15) is 0 Å². The van der Waals surface area contributed by atoms with Crippen molar-refractivity contribution in [1.82, 2.24) is 14.9 Å². The molecule has 0 saturated carbocycles. The van der Waals surface area contributed by atoms with Crippen molar-refractivity contribution in [3.05, 3.63) is 30.1 Å². The molecule has 0 radical (unpaired) electrons. The summed E-state index contributed by atoms with van der Waals surface area (Å²) in [4.78, 5) is 16.4. The summed E-state index contributed by atoms with van der Waals surface area (Å²) in [6.45, 7) is 9.59. The van der Waals surface area contributed by atoms with Gasteiger partial charge in [-0.25, -0.2) is 4.98 Å². The molecule has 0 aliphatic heterocycles. The van der Waals surface area contributed by atoms with E-state index in [4.69, 9.17) is 0 Å². The van der Waals surface area contributed by atoms with Gasteiger partial charge < -0.3 is 9.88 Å². The Morgan fingerprint density at radius 1 is 1.38 bits per heavy atom. The van der Waals surface area contributed by atoms with Gasteiger partial charge in [0.2, 0.25) is 5.91 Å². The normalized spacial score (nSPS) is 11.8. The Bertz CT molecular complexity index is 622. The lowest BCUT2D eigenvalue weighted by molar-refractivity contribution is -0.128. The van der Waals surface area contributed by atoms with E-state index in [9.17, 15) is 4.79 Å². The highest BCUT2D eigenvalue weighted by molar-refractivity contribution is 5.82. The predicted molar refractivity (Wildman–Crippen MR) is 86.2 cm³/mol. The second-order valence-electron chi connectivity index (χ2n) is 6.48. The summed E-state index contributed by atoms with van der Waals surface area (Å²) in [6, 6.07) is 4.07. The first-order chi connectivity index (χ1) is 9.93. The fraction of sp³-hybridized carbons (Fsp3) is 0.529. The van der Waals surface area contributed by atoms with Crippen LogP contribution in [-0.4, -0.2) is 22.0 Å². The van der Waals surface area contributed by atoms with E-state index in [1.807, 2.05) is 33.0 Å². The van der Waals surface area contributed by atoms with E-state index in [1.165, 1.54) is 10.9 Å². The van der Waals surface area contributed by atoms with Crippen LogP contribution >= 0.6 is 0 Å². The van der Waals surface area contributed by atoms with Crippen LogP contribution in [0.15, 0.2) is 24.5 Å². The maximum Gasteiger partial charge on any atom is 0.225 e. The molecule has 4 nitrogen and oxygen atoms in total. The highest BCUT2D eigenvalue weighted by Gasteiger charge is 2.20. The zero-order valence-corrected chi connectivity index (χ0v) is 13.4. The quantitative estimate of drug-likeness (QED) is 0.918. The largest absolute Gasteiger partial charge is 0.355 e. The number of rotatable bonds is 5. The number of nitrogens with one attached hydrogen (secondary N) is 1. The lowest BCUT2D eigenvalue weighted by atomic mass is 9.95. The Labute approximate surface area is 126 Å². The van der Waals surface area contributed by atoms with E-state index in [0.717, 1.165) is 25.0 Å². The summed E-state index contributed by atoms with van der Waals surface area (Å²) in [5.41, 5.74) is 1.95. The standard InChI is InChI=1S/C17H25N3O/c1-5-11-20-12-13(14-7-6-9-18-15(14)20)8-10-19-16(21)17(2,3)4/h6-7,9,12H,5,8,10-11H2,1-4H3,(H,19,21). The molecule has 0 aliphatic rings. The number of aromatic nitrogens is 2. The smallest absolute Gasteiger partial charge is 0.225 e. The van der Waals surface area contributed by atoms with Crippen molar-refractivity contribution in [1.29, 1.82) is 0 Å². The molecule has 2 aromatic heterocycles. The van der Waals surface area contributed by atoms with Gasteiger partial charge in [-0.15, -0.1) is 0 Å². The molecular formula is C17H25N3O. The van der Waals surface area contributed by atoms with Crippen LogP contribution in [0.1, 0.15) is 39.7 Å². The van der Waals surface area contributed by atoms with Crippen LogP contribution < -0.4 is 5.32 Å². The molecule has 0 unspecified atom stereocenters. The van der Waals surface area contributed by atoms with Crippen molar-refractivity contribution in [3.63, 3.8) is 0 Å². The molecule has 0 aliphatic carbocycles. The van der Waals surface area contributed by atoms with Gasteiger partial charge >= 0.3 is 0 Å². The van der Waals surface area contributed by atoms with Gasteiger partial charge in [0.05, 0.1) is 0 Å². The van der Waals surface area contributed by atoms with Crippen molar-refractivity contribution in [3.8, 4) is 0 Å². The summed E-state index contributed by atoms with van der Waals surface area (Å²) in [6.07, 6.45) is 5.92. The number of hydrogen-bond acceptors (Lipinski definition) is 2. The number of hydrogen-bond donors (Lipinski definition) is 1. The minimum absolute atomic E-state index is 0.0953. The highest BCUT2D eigenvalue weighted by Crippen LogP contribution is 2.20. The predicted octanol–water partition coefficient (Wildman–Crippen LogP) is 3.15. The maximum atomic E-state index is 11.9. The summed E-state index contributed by atoms with van der Waals surface area (Å²) < 4.78 is 2.20. The van der Waals surface area contributed by atoms with E-state index in [2.05, 4.69) is 34.1 Å². The molecule has 0 fully saturated rings. The molecule has 1 N–H and O–H groups in total. The van der Waals surface area contributed by atoms with E-state index >= 15 is 0 Å². The first-order valence-corrected chi connectivity index (χ1v) is 7.64. The third-order valence-electron chi connectivity index (χ3n) is 3.54. The van der Waals surface area contributed by atoms with Gasteiger partial charge in [0.25, 0.3) is 0 Å². The molecule has 0 spiro atoms. The van der Waals surface area contributed by atoms with E-state index in [0.29, 0.717) is 6.54 Å². The fourth-order valence-electron chi connectivity index (χ4n) is 2.38. The number of carbonyl (C=O) groups is 1. The van der Waals surface area contributed by atoms with Gasteiger partial charge in [-0.05, 0) is 30.5 Å². The third kappa shape index (κ3) is 3.63. The summed E-state index contributed by atoms with van der Waals surface area (Å²) >= 11 is 0. The Balaban J connectivity index is 2.10. The first-order valence-electron chi connectivity index (χ1n) is 7.64. The average Bonchev–Trinajstić information content (AvgIpc) is 2.77. The summed E-state index contributed by atoms with van der Waals surface area (Å²) in [5.74, 6) is 0.0953. The van der Waals surface area contributed by atoms with Crippen molar-refractivity contribution in [2.75, 3.05) is 6.54 Å². The van der Waals surface area contributed by atoms with Gasteiger partial charge in [0.15, 0.2) is 0 Å². The molecule has 114 valence electrons. The number of nitrogens with zero attached hydrogens (tertiary/aromatic N) is 2. The molecule has 0 bridgehead atoms. The van der Waals surface area contributed by atoms with Crippen LogP contribution in [0.2, 0.25) is 0 Å². The third-order valence-corrected chi connectivity index (χ3v) is 3.54. The van der Waals surface area contributed by atoms with Gasteiger partial charge in [-0.3, -0.25) is 4.79 Å². The summed E-state index contributed by atoms with van der Waals surface area (Å²) in [7, 11) is 0. The molecule has 21 heavy (non-hydrogen) atoms. The van der Waals surface area contributed by atoms with Crippen LogP contribution in [0.25, 0.3) is 11.0 Å². The number of amides is 1. The highest BCUT2D eigenvalue weighted by atomic mass is 16.2. The van der Waals surface area contributed by atoms with Crippen molar-refractivity contribution in [2.45, 2.75) is 47.1 Å². The Hall–Kier alpha value is -1.84. The monoisotopic (exact) mass is 287 g/mol. The van der Waals surface area contributed by atoms with Crippen molar-refractivity contribution in [2.24, 2.45) is 5.41 Å². The van der Waals surface area contributed by atoms with Gasteiger partial charge in [0.1, 0.15) is 5.65 Å². The van der Waals surface area contributed by atoms with Crippen LogP contribution in [0.4, 0.5) is 0 Å². The zero-order chi connectivity index (χ0) is 15.5. The van der Waals surface area contributed by atoms with E-state index in [1.54, 1.807) is 0 Å². The topological polar surface area (TPSA) is 46.9 Å². The van der Waals surface area contributed by atoms with Gasteiger partial charge in [-0.1, -0.05) is 27.7 Å². The van der Waals surface area contributed by atoms with Gasteiger partial charge in [0, 0.05) is 36.3 Å². The Morgan fingerprint density at radius 2 is 2.14 bits per heavy atom. The number of fused-ring (bicyclic) bond motifs is 1. The molecule has 0 aromatic carbocycles. The molecule has 2 heterocycles. The lowest BCUT2D eigenvalue weighted by Crippen LogP contribution is -2.35. The second-order valence-corrected chi connectivity index (χ2v) is 6.48. The van der Waals surface area contributed by atoms with Crippen molar-refractivity contribution >= 4 is 16.9 Å². The molecule has 2 aromatic rings. The average molecular weight is 287 g/mol. The Kier molecular flexibility index (Phi) is 4.66. The molecule has 4 heteroatoms. The molecule has 0 atom stereocenters. The summed E-state index contributed by atoms with van der Waals surface area (Å²) in [5, 5.41) is 4.20. The molecule has 0 saturated heterocycles. The Morgan fingerprint density at radius 3 is 2.81 bits per heavy atom. The number of carbonyl (C=O) groups excluding carboxylic acids is 1. The van der Waals surface area contributed by atoms with Crippen LogP contribution in [0, 0.1) is 5.41 Å². The minimum Gasteiger partial charge on any atom is -0.355 e. The van der Waals surface area contributed by atoms with E-state index in [-0.39, 0.29) is 11.3 Å². The fourth-order valence-corrected chi connectivity index (χ4v) is 2.38. The van der Waals surface area contributed by atoms with Crippen molar-refractivity contribution < 1.29 is 4.79 Å². The van der Waals surface area contributed by atoms with E-state index < -0.39 is 0 Å². The first kappa shape index (κ1) is 15.5. The SMILES string of the molecule is CCCn1cc(CCNC(=O)C(C)(C)C)c2cccnc21. The minimum atomic E-state index is -0.336. The van der Waals surface area contributed by atoms with Crippen LogP contribution in [0.5, 0.6) is 0 Å². The number of aryl methyl sites for hydroxylation is 1. The lowest BCUT2D eigenvalue weighted by Gasteiger charge is -2.17. The van der Waals surface area contributed by atoms with Crippen LogP contribution in [-0.2, 0) is 17.8 Å². The molecule has 1 amide bonds. The zero-order valence-electron chi connectivity index (χ0n) is 13.4. The second kappa shape index (κ2) is 6.29.